The number of carbonyl (C=O) groups excluding carboxylic acids is 1. The predicted molar refractivity (Wildman–Crippen MR) is 81.5 cm³/mol. The highest BCUT2D eigenvalue weighted by atomic mass is 16.5. The normalized spacial score (nSPS) is 13.7. The second-order valence-electron chi connectivity index (χ2n) is 5.47. The van der Waals surface area contributed by atoms with Gasteiger partial charge in [0.15, 0.2) is 0 Å². The van der Waals surface area contributed by atoms with E-state index in [9.17, 15) is 4.79 Å². The summed E-state index contributed by atoms with van der Waals surface area (Å²) in [5, 5.41) is 3.27. The molecule has 2 aromatic rings. The minimum absolute atomic E-state index is 0.130. The van der Waals surface area contributed by atoms with E-state index in [0.29, 0.717) is 23.1 Å². The molecule has 2 aromatic heterocycles. The number of aryl methyl sites for hydroxylation is 2. The van der Waals surface area contributed by atoms with Gasteiger partial charge in [0.25, 0.3) is 0 Å². The van der Waals surface area contributed by atoms with Crippen molar-refractivity contribution in [3.05, 3.63) is 47.2 Å². The van der Waals surface area contributed by atoms with Gasteiger partial charge < -0.3 is 10.1 Å². The van der Waals surface area contributed by atoms with Gasteiger partial charge in [-0.1, -0.05) is 0 Å². The zero-order valence-electron chi connectivity index (χ0n) is 12.7. The molecule has 0 spiro atoms. The number of rotatable bonds is 5. The van der Waals surface area contributed by atoms with Gasteiger partial charge in [-0.25, -0.2) is 19.7 Å². The summed E-state index contributed by atoms with van der Waals surface area (Å²) >= 11 is 0. The van der Waals surface area contributed by atoms with Crippen LogP contribution in [-0.2, 0) is 11.3 Å². The molecule has 22 heavy (non-hydrogen) atoms. The first-order valence-corrected chi connectivity index (χ1v) is 7.31. The molecule has 0 unspecified atom stereocenters. The zero-order chi connectivity index (χ0) is 15.5. The fraction of sp³-hybridized carbons (Fsp3) is 0.375. The third kappa shape index (κ3) is 3.78. The van der Waals surface area contributed by atoms with Gasteiger partial charge in [-0.3, -0.25) is 0 Å². The summed E-state index contributed by atoms with van der Waals surface area (Å²) in [6.07, 6.45) is 3.90. The lowest BCUT2D eigenvalue weighted by molar-refractivity contribution is 0.0467. The van der Waals surface area contributed by atoms with Crippen molar-refractivity contribution in [1.82, 2.24) is 15.0 Å². The number of anilines is 1. The summed E-state index contributed by atoms with van der Waals surface area (Å²) in [5.41, 5.74) is 1.98. The second-order valence-corrected chi connectivity index (χ2v) is 5.47. The third-order valence-electron chi connectivity index (χ3n) is 3.30. The molecule has 1 aliphatic rings. The predicted octanol–water partition coefficient (Wildman–Crippen LogP) is 2.42. The number of nitrogens with zero attached hydrogens (tertiary/aromatic N) is 3. The summed E-state index contributed by atoms with van der Waals surface area (Å²) in [5.74, 6) is 1.06. The van der Waals surface area contributed by atoms with Crippen LogP contribution in [0.2, 0.25) is 0 Å². The molecule has 0 bridgehead atoms. The Kier molecular flexibility index (Phi) is 4.00. The van der Waals surface area contributed by atoms with Crippen molar-refractivity contribution in [3.8, 4) is 0 Å². The molecule has 114 valence electrons. The SMILES string of the molecule is Cc1cc(COC(=O)c2ccc(NC3CC3)nc2)nc(C)n1. The van der Waals surface area contributed by atoms with Gasteiger partial charge in [0.05, 0.1) is 11.3 Å². The van der Waals surface area contributed by atoms with E-state index < -0.39 is 5.97 Å². The van der Waals surface area contributed by atoms with Crippen molar-refractivity contribution in [3.63, 3.8) is 0 Å². The molecule has 1 N–H and O–H groups in total. The van der Waals surface area contributed by atoms with E-state index >= 15 is 0 Å². The van der Waals surface area contributed by atoms with E-state index in [2.05, 4.69) is 20.3 Å². The van der Waals surface area contributed by atoms with Crippen molar-refractivity contribution >= 4 is 11.8 Å². The van der Waals surface area contributed by atoms with Crippen LogP contribution in [0.1, 0.15) is 40.4 Å². The minimum atomic E-state index is -0.403. The molecule has 0 radical (unpaired) electrons. The van der Waals surface area contributed by atoms with Crippen LogP contribution >= 0.6 is 0 Å². The van der Waals surface area contributed by atoms with E-state index in [-0.39, 0.29) is 6.61 Å². The van der Waals surface area contributed by atoms with Gasteiger partial charge in [-0.2, -0.15) is 0 Å². The van der Waals surface area contributed by atoms with E-state index in [0.717, 1.165) is 11.5 Å². The molecule has 6 heteroatoms. The first-order valence-electron chi connectivity index (χ1n) is 7.31. The highest BCUT2D eigenvalue weighted by Gasteiger charge is 2.21. The highest BCUT2D eigenvalue weighted by molar-refractivity contribution is 5.89. The number of hydrogen-bond donors (Lipinski definition) is 1. The Hall–Kier alpha value is -2.50. The molecule has 2 heterocycles. The highest BCUT2D eigenvalue weighted by Crippen LogP contribution is 2.23. The minimum Gasteiger partial charge on any atom is -0.456 e. The van der Waals surface area contributed by atoms with Crippen LogP contribution in [0.25, 0.3) is 0 Å². The van der Waals surface area contributed by atoms with E-state index in [4.69, 9.17) is 4.74 Å². The van der Waals surface area contributed by atoms with Crippen LogP contribution in [-0.4, -0.2) is 27.0 Å². The van der Waals surface area contributed by atoms with Gasteiger partial charge in [0, 0.05) is 17.9 Å². The van der Waals surface area contributed by atoms with Crippen molar-refractivity contribution in [2.75, 3.05) is 5.32 Å². The average Bonchev–Trinajstić information content (AvgIpc) is 3.28. The number of aromatic nitrogens is 3. The molecule has 1 fully saturated rings. The molecular formula is C16H18N4O2. The monoisotopic (exact) mass is 298 g/mol. The largest absolute Gasteiger partial charge is 0.456 e. The van der Waals surface area contributed by atoms with Crippen LogP contribution in [0, 0.1) is 13.8 Å². The molecule has 0 aromatic carbocycles. The first-order chi connectivity index (χ1) is 10.6. The lowest BCUT2D eigenvalue weighted by Gasteiger charge is -2.07. The fourth-order valence-corrected chi connectivity index (χ4v) is 2.13. The number of esters is 1. The first kappa shape index (κ1) is 14.4. The van der Waals surface area contributed by atoms with Crippen molar-refractivity contribution in [2.24, 2.45) is 0 Å². The molecule has 0 atom stereocenters. The Morgan fingerprint density at radius 3 is 2.77 bits per heavy atom. The summed E-state index contributed by atoms with van der Waals surface area (Å²) in [6.45, 7) is 3.83. The maximum atomic E-state index is 12.0. The molecule has 0 aliphatic heterocycles. The maximum absolute atomic E-state index is 12.0. The molecule has 3 rings (SSSR count). The standard InChI is InChI=1S/C16H18N4O2/c1-10-7-14(19-11(2)18-10)9-22-16(21)12-3-6-15(17-8-12)20-13-4-5-13/h3,6-8,13H,4-5,9H2,1-2H3,(H,17,20). The maximum Gasteiger partial charge on any atom is 0.340 e. The number of carbonyl (C=O) groups is 1. The summed E-state index contributed by atoms with van der Waals surface area (Å²) in [7, 11) is 0. The topological polar surface area (TPSA) is 77.0 Å². The third-order valence-corrected chi connectivity index (χ3v) is 3.30. The second kappa shape index (κ2) is 6.09. The quantitative estimate of drug-likeness (QED) is 0.854. The molecule has 1 saturated carbocycles. The Labute approximate surface area is 129 Å². The van der Waals surface area contributed by atoms with E-state index in [1.807, 2.05) is 13.8 Å². The van der Waals surface area contributed by atoms with Crippen molar-refractivity contribution in [2.45, 2.75) is 39.3 Å². The van der Waals surface area contributed by atoms with Gasteiger partial charge in [-0.15, -0.1) is 0 Å². The van der Waals surface area contributed by atoms with Crippen molar-refractivity contribution < 1.29 is 9.53 Å². The van der Waals surface area contributed by atoms with E-state index in [1.54, 1.807) is 18.2 Å². The number of pyridine rings is 1. The number of hydrogen-bond acceptors (Lipinski definition) is 6. The Balaban J connectivity index is 1.58. The van der Waals surface area contributed by atoms with Crippen molar-refractivity contribution in [1.29, 1.82) is 0 Å². The molecular weight excluding hydrogens is 280 g/mol. The average molecular weight is 298 g/mol. The van der Waals surface area contributed by atoms with Crippen LogP contribution in [0.3, 0.4) is 0 Å². The number of ether oxygens (including phenoxy) is 1. The Morgan fingerprint density at radius 2 is 2.14 bits per heavy atom. The fourth-order valence-electron chi connectivity index (χ4n) is 2.13. The molecule has 0 amide bonds. The van der Waals surface area contributed by atoms with Crippen LogP contribution < -0.4 is 5.32 Å². The summed E-state index contributed by atoms with van der Waals surface area (Å²) in [4.78, 5) is 24.7. The molecule has 6 nitrogen and oxygen atoms in total. The molecule has 0 saturated heterocycles. The van der Waals surface area contributed by atoms with Crippen LogP contribution in [0.4, 0.5) is 5.82 Å². The van der Waals surface area contributed by atoms with Gasteiger partial charge in [0.1, 0.15) is 18.2 Å². The summed E-state index contributed by atoms with van der Waals surface area (Å²) in [6, 6.07) is 5.86. The van der Waals surface area contributed by atoms with E-state index in [1.165, 1.54) is 19.0 Å². The number of nitrogens with one attached hydrogen (secondary N) is 1. The Bertz CT molecular complexity index is 661. The lowest BCUT2D eigenvalue weighted by Crippen LogP contribution is -2.09. The van der Waals surface area contributed by atoms with Gasteiger partial charge in [0.2, 0.25) is 0 Å². The zero-order valence-corrected chi connectivity index (χ0v) is 12.7. The van der Waals surface area contributed by atoms with Crippen LogP contribution in [0.5, 0.6) is 0 Å². The van der Waals surface area contributed by atoms with Crippen LogP contribution in [0.15, 0.2) is 24.4 Å². The van der Waals surface area contributed by atoms with Gasteiger partial charge in [-0.05, 0) is 44.9 Å². The van der Waals surface area contributed by atoms with Gasteiger partial charge >= 0.3 is 5.97 Å². The smallest absolute Gasteiger partial charge is 0.340 e. The lowest BCUT2D eigenvalue weighted by atomic mass is 10.3. The Morgan fingerprint density at radius 1 is 1.32 bits per heavy atom. The summed E-state index contributed by atoms with van der Waals surface area (Å²) < 4.78 is 5.27. The molecule has 1 aliphatic carbocycles.